The lowest BCUT2D eigenvalue weighted by Crippen LogP contribution is -2.23. The number of halogens is 2. The van der Waals surface area contributed by atoms with Crippen molar-refractivity contribution in [2.45, 2.75) is 12.3 Å². The SMILES string of the molecule is Cn1cccc(C(CC#Cc2c(C(N)=O)ccn3nccc23)c2cc(F)ccc2F)c1=O. The summed E-state index contributed by atoms with van der Waals surface area (Å²) < 4.78 is 31.5. The van der Waals surface area contributed by atoms with Crippen molar-refractivity contribution in [2.24, 2.45) is 12.8 Å². The van der Waals surface area contributed by atoms with Crippen LogP contribution in [0.15, 0.2) is 65.8 Å². The number of carbonyl (C=O) groups is 1. The number of nitrogens with two attached hydrogens (primary N) is 1. The van der Waals surface area contributed by atoms with Crippen LogP contribution < -0.4 is 11.3 Å². The quantitative estimate of drug-likeness (QED) is 0.504. The average Bonchev–Trinajstić information content (AvgIpc) is 3.24. The minimum Gasteiger partial charge on any atom is -0.366 e. The van der Waals surface area contributed by atoms with E-state index in [4.69, 9.17) is 5.73 Å². The van der Waals surface area contributed by atoms with Gasteiger partial charge in [0.25, 0.3) is 5.56 Å². The van der Waals surface area contributed by atoms with Crippen LogP contribution >= 0.6 is 0 Å². The lowest BCUT2D eigenvalue weighted by atomic mass is 9.88. The van der Waals surface area contributed by atoms with Crippen molar-refractivity contribution in [3.8, 4) is 11.8 Å². The minimum atomic E-state index is -0.820. The topological polar surface area (TPSA) is 82.4 Å². The number of nitrogens with zero attached hydrogens (tertiary/aromatic N) is 3. The van der Waals surface area contributed by atoms with E-state index in [1.54, 1.807) is 48.4 Å². The van der Waals surface area contributed by atoms with Gasteiger partial charge in [-0.15, -0.1) is 0 Å². The Balaban J connectivity index is 1.83. The third kappa shape index (κ3) is 3.88. The van der Waals surface area contributed by atoms with Gasteiger partial charge < -0.3 is 10.3 Å². The Morgan fingerprint density at radius 3 is 2.75 bits per heavy atom. The van der Waals surface area contributed by atoms with E-state index in [1.807, 2.05) is 0 Å². The fourth-order valence-corrected chi connectivity index (χ4v) is 3.63. The minimum absolute atomic E-state index is 0.00696. The number of aromatic nitrogens is 3. The molecular formula is C24H18F2N4O2. The third-order valence-corrected chi connectivity index (χ3v) is 5.22. The molecule has 32 heavy (non-hydrogen) atoms. The highest BCUT2D eigenvalue weighted by Crippen LogP contribution is 2.28. The number of rotatable bonds is 4. The predicted octanol–water partition coefficient (Wildman–Crippen LogP) is 2.98. The summed E-state index contributed by atoms with van der Waals surface area (Å²) in [7, 11) is 1.58. The van der Waals surface area contributed by atoms with Crippen LogP contribution in [0.4, 0.5) is 8.78 Å². The molecule has 1 atom stereocenters. The van der Waals surface area contributed by atoms with Crippen LogP contribution in [0.1, 0.15) is 39.4 Å². The number of hydrogen-bond acceptors (Lipinski definition) is 3. The van der Waals surface area contributed by atoms with Gasteiger partial charge in [-0.3, -0.25) is 9.59 Å². The fourth-order valence-electron chi connectivity index (χ4n) is 3.63. The monoisotopic (exact) mass is 432 g/mol. The van der Waals surface area contributed by atoms with Crippen LogP contribution in [-0.4, -0.2) is 20.1 Å². The number of amides is 1. The number of carbonyl (C=O) groups excluding carboxylic acids is 1. The molecular weight excluding hydrogens is 414 g/mol. The molecule has 0 bridgehead atoms. The van der Waals surface area contributed by atoms with Crippen molar-refractivity contribution in [3.05, 3.63) is 105 Å². The molecule has 4 rings (SSSR count). The molecule has 1 unspecified atom stereocenters. The van der Waals surface area contributed by atoms with Crippen molar-refractivity contribution in [2.75, 3.05) is 0 Å². The molecule has 6 nitrogen and oxygen atoms in total. The van der Waals surface area contributed by atoms with Gasteiger partial charge in [0, 0.05) is 37.3 Å². The highest BCUT2D eigenvalue weighted by atomic mass is 19.1. The van der Waals surface area contributed by atoms with Gasteiger partial charge in [-0.1, -0.05) is 17.9 Å². The van der Waals surface area contributed by atoms with Crippen molar-refractivity contribution in [3.63, 3.8) is 0 Å². The Hall–Kier alpha value is -4.25. The highest BCUT2D eigenvalue weighted by molar-refractivity contribution is 5.97. The van der Waals surface area contributed by atoms with Gasteiger partial charge in [-0.25, -0.2) is 13.3 Å². The molecule has 1 amide bonds. The Kier molecular flexibility index (Phi) is 5.56. The first-order valence-corrected chi connectivity index (χ1v) is 9.72. The summed E-state index contributed by atoms with van der Waals surface area (Å²) in [6.45, 7) is 0. The average molecular weight is 432 g/mol. The first-order valence-electron chi connectivity index (χ1n) is 9.72. The molecule has 0 saturated carbocycles. The molecule has 0 radical (unpaired) electrons. The summed E-state index contributed by atoms with van der Waals surface area (Å²) >= 11 is 0. The fraction of sp³-hybridized carbons (Fsp3) is 0.125. The Morgan fingerprint density at radius 2 is 1.97 bits per heavy atom. The molecule has 0 aliphatic rings. The maximum Gasteiger partial charge on any atom is 0.254 e. The molecule has 160 valence electrons. The summed E-state index contributed by atoms with van der Waals surface area (Å²) in [5.41, 5.74) is 6.64. The van der Waals surface area contributed by atoms with Gasteiger partial charge in [0.05, 0.1) is 22.8 Å². The predicted molar refractivity (Wildman–Crippen MR) is 115 cm³/mol. The highest BCUT2D eigenvalue weighted by Gasteiger charge is 2.21. The molecule has 0 fully saturated rings. The largest absolute Gasteiger partial charge is 0.366 e. The molecule has 1 aromatic carbocycles. The van der Waals surface area contributed by atoms with E-state index in [2.05, 4.69) is 16.9 Å². The lowest BCUT2D eigenvalue weighted by molar-refractivity contribution is 0.1000. The van der Waals surface area contributed by atoms with Crippen LogP contribution in [-0.2, 0) is 7.05 Å². The molecule has 0 saturated heterocycles. The number of benzene rings is 1. The van der Waals surface area contributed by atoms with Crippen LogP contribution in [0.25, 0.3) is 5.52 Å². The Morgan fingerprint density at radius 1 is 1.16 bits per heavy atom. The Labute approximate surface area is 181 Å². The van der Waals surface area contributed by atoms with Crippen LogP contribution in [0.3, 0.4) is 0 Å². The van der Waals surface area contributed by atoms with Crippen molar-refractivity contribution in [1.82, 2.24) is 14.2 Å². The molecule has 0 spiro atoms. The van der Waals surface area contributed by atoms with Crippen molar-refractivity contribution < 1.29 is 13.6 Å². The number of hydrogen-bond donors (Lipinski definition) is 1. The zero-order valence-corrected chi connectivity index (χ0v) is 17.0. The molecule has 8 heteroatoms. The van der Waals surface area contributed by atoms with Gasteiger partial charge in [0.15, 0.2) is 0 Å². The Bertz CT molecular complexity index is 1460. The summed E-state index contributed by atoms with van der Waals surface area (Å²) in [5, 5.41) is 4.12. The van der Waals surface area contributed by atoms with E-state index in [1.165, 1.54) is 10.6 Å². The molecule has 3 heterocycles. The van der Waals surface area contributed by atoms with E-state index in [0.717, 1.165) is 18.2 Å². The van der Waals surface area contributed by atoms with E-state index in [9.17, 15) is 18.4 Å². The van der Waals surface area contributed by atoms with E-state index < -0.39 is 23.5 Å². The number of pyridine rings is 2. The van der Waals surface area contributed by atoms with Gasteiger partial charge in [0.1, 0.15) is 11.6 Å². The second-order valence-electron chi connectivity index (χ2n) is 7.23. The van der Waals surface area contributed by atoms with Gasteiger partial charge in [0.2, 0.25) is 5.91 Å². The maximum absolute atomic E-state index is 14.6. The van der Waals surface area contributed by atoms with Gasteiger partial charge >= 0.3 is 0 Å². The van der Waals surface area contributed by atoms with Crippen molar-refractivity contribution in [1.29, 1.82) is 0 Å². The van der Waals surface area contributed by atoms with Gasteiger partial charge in [-0.2, -0.15) is 5.10 Å². The molecule has 3 aromatic heterocycles. The zero-order chi connectivity index (χ0) is 22.8. The number of primary amides is 1. The normalized spacial score (nSPS) is 11.7. The number of aryl methyl sites for hydroxylation is 1. The maximum atomic E-state index is 14.6. The number of fused-ring (bicyclic) bond motifs is 1. The second kappa shape index (κ2) is 8.47. The summed E-state index contributed by atoms with van der Waals surface area (Å²) in [6.07, 6.45) is 4.74. The van der Waals surface area contributed by atoms with Crippen molar-refractivity contribution >= 4 is 11.4 Å². The van der Waals surface area contributed by atoms with Crippen LogP contribution in [0.5, 0.6) is 0 Å². The first kappa shape index (κ1) is 21.0. The summed E-state index contributed by atoms with van der Waals surface area (Å²) in [4.78, 5) is 24.6. The van der Waals surface area contributed by atoms with E-state index in [-0.39, 0.29) is 28.7 Å². The van der Waals surface area contributed by atoms with E-state index >= 15 is 0 Å². The summed E-state index contributed by atoms with van der Waals surface area (Å²) in [5.74, 6) is 3.13. The van der Waals surface area contributed by atoms with Crippen LogP contribution in [0, 0.1) is 23.5 Å². The molecule has 2 N–H and O–H groups in total. The molecule has 4 aromatic rings. The van der Waals surface area contributed by atoms with Crippen LogP contribution in [0.2, 0.25) is 0 Å². The van der Waals surface area contributed by atoms with E-state index in [0.29, 0.717) is 11.1 Å². The molecule has 0 aliphatic heterocycles. The van der Waals surface area contributed by atoms with Gasteiger partial charge in [-0.05, 0) is 42.0 Å². The lowest BCUT2D eigenvalue weighted by Gasteiger charge is -2.16. The first-order chi connectivity index (χ1) is 15.4. The second-order valence-corrected chi connectivity index (χ2v) is 7.23. The summed E-state index contributed by atoms with van der Waals surface area (Å²) in [6, 6.07) is 9.55. The third-order valence-electron chi connectivity index (χ3n) is 5.22. The zero-order valence-electron chi connectivity index (χ0n) is 17.0. The smallest absolute Gasteiger partial charge is 0.254 e. The standard InChI is InChI=1S/C24H18F2N4O2/c1-29-12-3-6-19(24(29)32)16(20-14-15(25)7-8-21(20)26)4-2-5-17-18(23(27)31)10-13-30-22(17)9-11-28-30/h3,6-14,16H,4H2,1H3,(H2,27,31). The molecule has 0 aliphatic carbocycles.